The van der Waals surface area contributed by atoms with Crippen molar-refractivity contribution < 1.29 is 5.11 Å². The molecule has 0 radical (unpaired) electrons. The van der Waals surface area contributed by atoms with Gasteiger partial charge in [-0.1, -0.05) is 31.0 Å². The molecule has 0 unspecified atom stereocenters. The van der Waals surface area contributed by atoms with Crippen molar-refractivity contribution in [3.05, 3.63) is 29.3 Å². The summed E-state index contributed by atoms with van der Waals surface area (Å²) in [5, 5.41) is 9.58. The Morgan fingerprint density at radius 1 is 1.36 bits per heavy atom. The Kier molecular flexibility index (Phi) is 4.88. The van der Waals surface area contributed by atoms with E-state index in [1.165, 1.54) is 24.2 Å². The van der Waals surface area contributed by atoms with Gasteiger partial charge in [-0.25, -0.2) is 0 Å². The smallest absolute Gasteiger partial charge is 0.119 e. The predicted octanol–water partition coefficient (Wildman–Crippen LogP) is 3.73. The van der Waals surface area contributed by atoms with E-state index in [1.807, 2.05) is 17.8 Å². The van der Waals surface area contributed by atoms with Gasteiger partial charge in [0.15, 0.2) is 0 Å². The Morgan fingerprint density at radius 3 is 2.86 bits per heavy atom. The molecule has 1 nitrogen and oxygen atoms in total. The summed E-state index contributed by atoms with van der Waals surface area (Å²) in [5.41, 5.74) is 2.28. The molecule has 0 saturated carbocycles. The number of aromatic hydroxyl groups is 1. The summed E-state index contributed by atoms with van der Waals surface area (Å²) in [7, 11) is 0. The van der Waals surface area contributed by atoms with Gasteiger partial charge < -0.3 is 5.11 Å². The first kappa shape index (κ1) is 11.4. The summed E-state index contributed by atoms with van der Waals surface area (Å²) in [6, 6.07) is 5.79. The first-order valence-corrected chi connectivity index (χ1v) is 6.25. The molecule has 0 spiro atoms. The number of thioether (sulfide) groups is 1. The van der Waals surface area contributed by atoms with E-state index < -0.39 is 0 Å². The van der Waals surface area contributed by atoms with Gasteiger partial charge in [-0.2, -0.15) is 11.8 Å². The molecule has 14 heavy (non-hydrogen) atoms. The van der Waals surface area contributed by atoms with Crippen molar-refractivity contribution in [2.24, 2.45) is 0 Å². The molecule has 0 fully saturated rings. The highest BCUT2D eigenvalue weighted by molar-refractivity contribution is 7.98. The molecular weight excluding hydrogens is 192 g/mol. The number of hydrogen-bond donors (Lipinski definition) is 1. The lowest BCUT2D eigenvalue weighted by molar-refractivity contribution is 0.470. The maximum Gasteiger partial charge on any atom is 0.119 e. The molecule has 1 aromatic rings. The van der Waals surface area contributed by atoms with Crippen molar-refractivity contribution in [1.82, 2.24) is 0 Å². The summed E-state index contributed by atoms with van der Waals surface area (Å²) in [6.45, 7) is 4.25. The lowest BCUT2D eigenvalue weighted by Crippen LogP contribution is -1.85. The van der Waals surface area contributed by atoms with Crippen LogP contribution in [0.5, 0.6) is 5.75 Å². The second-order valence-corrected chi connectivity index (χ2v) is 4.64. The molecule has 2 heteroatoms. The molecule has 1 aromatic carbocycles. The minimum absolute atomic E-state index is 0.430. The zero-order chi connectivity index (χ0) is 10.4. The fraction of sp³-hybridized carbons (Fsp3) is 0.500. The summed E-state index contributed by atoms with van der Waals surface area (Å²) in [5.74, 6) is 2.54. The summed E-state index contributed by atoms with van der Waals surface area (Å²) < 4.78 is 0. The number of unbranched alkanes of at least 4 members (excludes halogenated alkanes) is 1. The quantitative estimate of drug-likeness (QED) is 0.747. The number of rotatable bonds is 5. The molecule has 0 aliphatic carbocycles. The van der Waals surface area contributed by atoms with Crippen molar-refractivity contribution in [1.29, 1.82) is 0 Å². The standard InChI is InChI=1S/C12H18OS/c1-3-4-7-14-9-11-8-10(2)5-6-12(11)13/h5-6,8,13H,3-4,7,9H2,1-2H3. The zero-order valence-corrected chi connectivity index (χ0v) is 9.73. The normalized spacial score (nSPS) is 10.4. The Balaban J connectivity index is 2.45. The van der Waals surface area contributed by atoms with Crippen molar-refractivity contribution in [2.75, 3.05) is 5.75 Å². The van der Waals surface area contributed by atoms with Crippen molar-refractivity contribution in [3.8, 4) is 5.75 Å². The van der Waals surface area contributed by atoms with E-state index >= 15 is 0 Å². The van der Waals surface area contributed by atoms with E-state index in [9.17, 15) is 5.11 Å². The number of phenols is 1. The third-order valence-electron chi connectivity index (χ3n) is 2.13. The van der Waals surface area contributed by atoms with Gasteiger partial charge in [0.1, 0.15) is 5.75 Å². The van der Waals surface area contributed by atoms with E-state index in [-0.39, 0.29) is 0 Å². The molecule has 0 atom stereocenters. The average molecular weight is 210 g/mol. The summed E-state index contributed by atoms with van der Waals surface area (Å²) >= 11 is 1.89. The van der Waals surface area contributed by atoms with Crippen LogP contribution in [0.15, 0.2) is 18.2 Å². The Hall–Kier alpha value is -0.630. The van der Waals surface area contributed by atoms with E-state index in [1.54, 1.807) is 6.07 Å². The van der Waals surface area contributed by atoms with Gasteiger partial charge in [-0.05, 0) is 25.2 Å². The summed E-state index contributed by atoms with van der Waals surface area (Å²) in [4.78, 5) is 0. The monoisotopic (exact) mass is 210 g/mol. The Morgan fingerprint density at radius 2 is 2.14 bits per heavy atom. The van der Waals surface area contributed by atoms with Crippen molar-refractivity contribution in [2.45, 2.75) is 32.4 Å². The maximum absolute atomic E-state index is 9.58. The number of benzene rings is 1. The molecule has 0 aliphatic heterocycles. The van der Waals surface area contributed by atoms with Crippen LogP contribution in [0.2, 0.25) is 0 Å². The number of phenolic OH excluding ortho intramolecular Hbond substituents is 1. The van der Waals surface area contributed by atoms with Crippen LogP contribution in [-0.4, -0.2) is 10.9 Å². The third-order valence-corrected chi connectivity index (χ3v) is 3.23. The average Bonchev–Trinajstić information content (AvgIpc) is 2.18. The molecular formula is C12H18OS. The van der Waals surface area contributed by atoms with Gasteiger partial charge in [-0.15, -0.1) is 0 Å². The van der Waals surface area contributed by atoms with Gasteiger partial charge >= 0.3 is 0 Å². The van der Waals surface area contributed by atoms with Crippen LogP contribution in [0.1, 0.15) is 30.9 Å². The summed E-state index contributed by atoms with van der Waals surface area (Å²) in [6.07, 6.45) is 2.50. The van der Waals surface area contributed by atoms with Gasteiger partial charge in [0.05, 0.1) is 0 Å². The van der Waals surface area contributed by atoms with Crippen molar-refractivity contribution in [3.63, 3.8) is 0 Å². The van der Waals surface area contributed by atoms with E-state index in [2.05, 4.69) is 19.9 Å². The molecule has 0 amide bonds. The number of aryl methyl sites for hydroxylation is 1. The lowest BCUT2D eigenvalue weighted by Gasteiger charge is -2.05. The molecule has 0 aromatic heterocycles. The van der Waals surface area contributed by atoms with E-state index in [0.29, 0.717) is 5.75 Å². The van der Waals surface area contributed by atoms with Gasteiger partial charge in [0, 0.05) is 11.3 Å². The van der Waals surface area contributed by atoms with Crippen LogP contribution in [0, 0.1) is 6.92 Å². The lowest BCUT2D eigenvalue weighted by atomic mass is 10.1. The van der Waals surface area contributed by atoms with Gasteiger partial charge in [-0.3, -0.25) is 0 Å². The molecule has 1 rings (SSSR count). The van der Waals surface area contributed by atoms with Crippen LogP contribution in [0.4, 0.5) is 0 Å². The molecule has 0 saturated heterocycles. The van der Waals surface area contributed by atoms with Gasteiger partial charge in [0.25, 0.3) is 0 Å². The minimum atomic E-state index is 0.430. The SMILES string of the molecule is CCCCSCc1cc(C)ccc1O. The fourth-order valence-electron chi connectivity index (χ4n) is 1.26. The zero-order valence-electron chi connectivity index (χ0n) is 8.92. The first-order valence-electron chi connectivity index (χ1n) is 5.10. The van der Waals surface area contributed by atoms with E-state index in [0.717, 1.165) is 11.3 Å². The predicted molar refractivity (Wildman–Crippen MR) is 63.9 cm³/mol. The molecule has 78 valence electrons. The van der Waals surface area contributed by atoms with E-state index in [4.69, 9.17) is 0 Å². The molecule has 0 heterocycles. The van der Waals surface area contributed by atoms with Crippen molar-refractivity contribution >= 4 is 11.8 Å². The van der Waals surface area contributed by atoms with Crippen LogP contribution < -0.4 is 0 Å². The second kappa shape index (κ2) is 5.97. The third kappa shape index (κ3) is 3.62. The van der Waals surface area contributed by atoms with Gasteiger partial charge in [0.2, 0.25) is 0 Å². The minimum Gasteiger partial charge on any atom is -0.508 e. The van der Waals surface area contributed by atoms with Crippen LogP contribution >= 0.6 is 11.8 Å². The number of hydrogen-bond acceptors (Lipinski definition) is 2. The maximum atomic E-state index is 9.58. The Bertz CT molecular complexity index is 284. The molecule has 1 N–H and O–H groups in total. The van der Waals surface area contributed by atoms with Crippen LogP contribution in [-0.2, 0) is 5.75 Å². The largest absolute Gasteiger partial charge is 0.508 e. The van der Waals surface area contributed by atoms with Crippen LogP contribution in [0.3, 0.4) is 0 Å². The second-order valence-electron chi connectivity index (χ2n) is 3.54. The Labute approximate surface area is 90.5 Å². The van der Waals surface area contributed by atoms with Crippen LogP contribution in [0.25, 0.3) is 0 Å². The highest BCUT2D eigenvalue weighted by Crippen LogP contribution is 2.23. The molecule has 0 bridgehead atoms. The topological polar surface area (TPSA) is 20.2 Å². The highest BCUT2D eigenvalue weighted by Gasteiger charge is 2.00. The fourth-order valence-corrected chi connectivity index (χ4v) is 2.35. The first-order chi connectivity index (χ1) is 6.74. The molecule has 0 aliphatic rings. The highest BCUT2D eigenvalue weighted by atomic mass is 32.2.